The van der Waals surface area contributed by atoms with Gasteiger partial charge in [-0.25, -0.2) is 0 Å². The molecule has 0 aromatic heterocycles. The Morgan fingerprint density at radius 2 is 2.29 bits per heavy atom. The van der Waals surface area contributed by atoms with E-state index in [1.165, 1.54) is 5.56 Å². The highest BCUT2D eigenvalue weighted by molar-refractivity contribution is 9.10. The molecule has 1 N–H and O–H groups in total. The van der Waals surface area contributed by atoms with Gasteiger partial charge in [0.05, 0.1) is 10.6 Å². The molecule has 0 amide bonds. The molecule has 0 spiro atoms. The molecule has 0 aliphatic carbocycles. The van der Waals surface area contributed by atoms with E-state index in [-0.39, 0.29) is 6.10 Å². The first-order valence-electron chi connectivity index (χ1n) is 5.71. The highest BCUT2D eigenvalue weighted by Gasteiger charge is 2.22. The standard InChI is InChI=1S/C12H14BrNO3/c13-10-3-8(4-11-12(10)17-7-16-11)5-14-2-1-9(15)6-14/h3-4,9,15H,1-2,5-7H2/t9-/m1/s1. The maximum atomic E-state index is 9.49. The molecule has 4 nitrogen and oxygen atoms in total. The van der Waals surface area contributed by atoms with Crippen LogP contribution >= 0.6 is 15.9 Å². The molecule has 2 aliphatic rings. The van der Waals surface area contributed by atoms with Gasteiger partial charge in [0.15, 0.2) is 11.5 Å². The number of halogens is 1. The Balaban J connectivity index is 1.77. The molecule has 1 aromatic carbocycles. The number of aliphatic hydroxyl groups is 1. The fourth-order valence-corrected chi connectivity index (χ4v) is 2.93. The predicted molar refractivity (Wildman–Crippen MR) is 66.2 cm³/mol. The summed E-state index contributed by atoms with van der Waals surface area (Å²) in [5.74, 6) is 1.59. The quantitative estimate of drug-likeness (QED) is 0.903. The van der Waals surface area contributed by atoms with Crippen molar-refractivity contribution in [1.29, 1.82) is 0 Å². The molecule has 2 aliphatic heterocycles. The lowest BCUT2D eigenvalue weighted by Gasteiger charge is -2.15. The molecule has 17 heavy (non-hydrogen) atoms. The van der Waals surface area contributed by atoms with E-state index in [0.717, 1.165) is 42.0 Å². The SMILES string of the molecule is O[C@@H]1CCN(Cc2cc(Br)c3c(c2)OCO3)C1. The lowest BCUT2D eigenvalue weighted by atomic mass is 10.2. The van der Waals surface area contributed by atoms with Crippen LogP contribution in [-0.4, -0.2) is 36.0 Å². The Bertz CT molecular complexity index is 438. The summed E-state index contributed by atoms with van der Waals surface area (Å²) in [4.78, 5) is 2.24. The van der Waals surface area contributed by atoms with E-state index < -0.39 is 0 Å². The summed E-state index contributed by atoms with van der Waals surface area (Å²) in [6, 6.07) is 4.07. The van der Waals surface area contributed by atoms with Crippen LogP contribution in [0.5, 0.6) is 11.5 Å². The van der Waals surface area contributed by atoms with Crippen molar-refractivity contribution in [3.8, 4) is 11.5 Å². The number of nitrogens with zero attached hydrogens (tertiary/aromatic N) is 1. The van der Waals surface area contributed by atoms with E-state index in [0.29, 0.717) is 6.79 Å². The number of hydrogen-bond acceptors (Lipinski definition) is 4. The number of fused-ring (bicyclic) bond motifs is 1. The van der Waals surface area contributed by atoms with Crippen LogP contribution in [0.25, 0.3) is 0 Å². The summed E-state index contributed by atoms with van der Waals surface area (Å²) in [5, 5.41) is 9.49. The van der Waals surface area contributed by atoms with Crippen LogP contribution in [0.4, 0.5) is 0 Å². The van der Waals surface area contributed by atoms with Crippen LogP contribution in [0.3, 0.4) is 0 Å². The zero-order valence-electron chi connectivity index (χ0n) is 9.36. The fraction of sp³-hybridized carbons (Fsp3) is 0.500. The minimum absolute atomic E-state index is 0.174. The Labute approximate surface area is 108 Å². The zero-order valence-corrected chi connectivity index (χ0v) is 10.9. The van der Waals surface area contributed by atoms with E-state index in [9.17, 15) is 5.11 Å². The molecule has 0 saturated carbocycles. The van der Waals surface area contributed by atoms with Gasteiger partial charge in [-0.1, -0.05) is 0 Å². The van der Waals surface area contributed by atoms with Gasteiger partial charge in [0, 0.05) is 19.6 Å². The third-order valence-corrected chi connectivity index (χ3v) is 3.73. The second-order valence-electron chi connectivity index (χ2n) is 4.49. The number of likely N-dealkylation sites (tertiary alicyclic amines) is 1. The normalized spacial score (nSPS) is 23.3. The Kier molecular flexibility index (Phi) is 2.98. The van der Waals surface area contributed by atoms with Gasteiger partial charge in [-0.15, -0.1) is 0 Å². The van der Waals surface area contributed by atoms with Crippen molar-refractivity contribution in [1.82, 2.24) is 4.90 Å². The minimum atomic E-state index is -0.174. The summed E-state index contributed by atoms with van der Waals surface area (Å²) >= 11 is 3.49. The molecular weight excluding hydrogens is 286 g/mol. The number of rotatable bonds is 2. The largest absolute Gasteiger partial charge is 0.454 e. The minimum Gasteiger partial charge on any atom is -0.454 e. The molecule has 1 fully saturated rings. The Hall–Kier alpha value is -0.780. The van der Waals surface area contributed by atoms with Crippen LogP contribution in [0.15, 0.2) is 16.6 Å². The van der Waals surface area contributed by atoms with Crippen molar-refractivity contribution < 1.29 is 14.6 Å². The first kappa shape index (κ1) is 11.3. The van der Waals surface area contributed by atoms with Crippen molar-refractivity contribution in [2.75, 3.05) is 19.9 Å². The lowest BCUT2D eigenvalue weighted by molar-refractivity contribution is 0.173. The molecule has 2 heterocycles. The molecular formula is C12H14BrNO3. The molecule has 3 rings (SSSR count). The molecule has 1 aromatic rings. The van der Waals surface area contributed by atoms with Crippen LogP contribution in [0.2, 0.25) is 0 Å². The van der Waals surface area contributed by atoms with Gasteiger partial charge in [-0.2, -0.15) is 0 Å². The van der Waals surface area contributed by atoms with E-state index >= 15 is 0 Å². The molecule has 5 heteroatoms. The second-order valence-corrected chi connectivity index (χ2v) is 5.34. The molecule has 1 saturated heterocycles. The first-order chi connectivity index (χ1) is 8.22. The summed E-state index contributed by atoms with van der Waals surface area (Å²) in [6.45, 7) is 2.84. The van der Waals surface area contributed by atoms with Gasteiger partial charge in [-0.3, -0.25) is 4.90 Å². The number of benzene rings is 1. The van der Waals surface area contributed by atoms with E-state index in [4.69, 9.17) is 9.47 Å². The van der Waals surface area contributed by atoms with Gasteiger partial charge in [-0.05, 0) is 40.0 Å². The van der Waals surface area contributed by atoms with Crippen LogP contribution in [0, 0.1) is 0 Å². The van der Waals surface area contributed by atoms with Gasteiger partial charge >= 0.3 is 0 Å². The number of β-amino-alcohol motifs (C(OH)–C–C–N with tert-alkyl or cyclic N) is 1. The number of hydrogen-bond donors (Lipinski definition) is 1. The first-order valence-corrected chi connectivity index (χ1v) is 6.50. The van der Waals surface area contributed by atoms with Crippen molar-refractivity contribution in [3.05, 3.63) is 22.2 Å². The van der Waals surface area contributed by atoms with E-state index in [1.54, 1.807) is 0 Å². The van der Waals surface area contributed by atoms with Crippen molar-refractivity contribution in [2.45, 2.75) is 19.1 Å². The van der Waals surface area contributed by atoms with Crippen LogP contribution in [0.1, 0.15) is 12.0 Å². The fourth-order valence-electron chi connectivity index (χ4n) is 2.33. The van der Waals surface area contributed by atoms with E-state index in [2.05, 4.69) is 26.9 Å². The third-order valence-electron chi connectivity index (χ3n) is 3.14. The van der Waals surface area contributed by atoms with Crippen LogP contribution in [-0.2, 0) is 6.54 Å². The number of aliphatic hydroxyl groups excluding tert-OH is 1. The summed E-state index contributed by atoms with van der Waals surface area (Å²) in [7, 11) is 0. The number of ether oxygens (including phenoxy) is 2. The highest BCUT2D eigenvalue weighted by Crippen LogP contribution is 2.40. The summed E-state index contributed by atoms with van der Waals surface area (Å²) in [6.07, 6.45) is 0.693. The van der Waals surface area contributed by atoms with Crippen LogP contribution < -0.4 is 9.47 Å². The Morgan fingerprint density at radius 1 is 1.41 bits per heavy atom. The molecule has 1 atom stereocenters. The molecule has 92 valence electrons. The van der Waals surface area contributed by atoms with Gasteiger partial charge in [0.1, 0.15) is 0 Å². The molecule has 0 bridgehead atoms. The maximum absolute atomic E-state index is 9.49. The summed E-state index contributed by atoms with van der Waals surface area (Å²) < 4.78 is 11.7. The van der Waals surface area contributed by atoms with Gasteiger partial charge in [0.25, 0.3) is 0 Å². The zero-order chi connectivity index (χ0) is 11.8. The average Bonchev–Trinajstić information content (AvgIpc) is 2.87. The lowest BCUT2D eigenvalue weighted by Crippen LogP contribution is -2.21. The second kappa shape index (κ2) is 4.48. The topological polar surface area (TPSA) is 41.9 Å². The maximum Gasteiger partial charge on any atom is 0.231 e. The van der Waals surface area contributed by atoms with Crippen molar-refractivity contribution >= 4 is 15.9 Å². The van der Waals surface area contributed by atoms with Gasteiger partial charge < -0.3 is 14.6 Å². The monoisotopic (exact) mass is 299 g/mol. The van der Waals surface area contributed by atoms with E-state index in [1.807, 2.05) is 6.07 Å². The predicted octanol–water partition coefficient (Wildman–Crippen LogP) is 1.74. The van der Waals surface area contributed by atoms with Crippen molar-refractivity contribution in [2.24, 2.45) is 0 Å². The average molecular weight is 300 g/mol. The highest BCUT2D eigenvalue weighted by atomic mass is 79.9. The Morgan fingerprint density at radius 3 is 3.06 bits per heavy atom. The summed E-state index contributed by atoms with van der Waals surface area (Å²) in [5.41, 5.74) is 1.18. The molecule has 0 unspecified atom stereocenters. The smallest absolute Gasteiger partial charge is 0.231 e. The third kappa shape index (κ3) is 2.27. The van der Waals surface area contributed by atoms with Gasteiger partial charge in [0.2, 0.25) is 6.79 Å². The van der Waals surface area contributed by atoms with Crippen molar-refractivity contribution in [3.63, 3.8) is 0 Å². The molecule has 0 radical (unpaired) electrons.